The second kappa shape index (κ2) is 5.69. The standard InChI is InChI=1S/C12H22N4O2/c1-4-16-12(10(17-3)6-14-16)11(15-13)9-5-8(2)18-7-9/h6,8-9,11,15H,4-5,7,13H2,1-3H3. The normalized spacial score (nSPS) is 25.3. The first-order chi connectivity index (χ1) is 8.71. The molecule has 0 amide bonds. The second-order valence-electron chi connectivity index (χ2n) is 4.70. The monoisotopic (exact) mass is 254 g/mol. The van der Waals surface area contributed by atoms with Gasteiger partial charge < -0.3 is 9.47 Å². The van der Waals surface area contributed by atoms with Gasteiger partial charge in [-0.25, -0.2) is 0 Å². The molecular formula is C12H22N4O2. The zero-order valence-electron chi connectivity index (χ0n) is 11.2. The summed E-state index contributed by atoms with van der Waals surface area (Å²) in [5.41, 5.74) is 3.90. The molecule has 0 radical (unpaired) electrons. The quantitative estimate of drug-likeness (QED) is 0.601. The summed E-state index contributed by atoms with van der Waals surface area (Å²) in [5, 5.41) is 4.32. The highest BCUT2D eigenvalue weighted by Gasteiger charge is 2.33. The van der Waals surface area contributed by atoms with Gasteiger partial charge in [-0.05, 0) is 20.3 Å². The molecule has 1 saturated heterocycles. The van der Waals surface area contributed by atoms with Gasteiger partial charge in [-0.1, -0.05) is 0 Å². The summed E-state index contributed by atoms with van der Waals surface area (Å²) in [7, 11) is 1.65. The van der Waals surface area contributed by atoms with Crippen molar-refractivity contribution in [1.82, 2.24) is 15.2 Å². The van der Waals surface area contributed by atoms with Crippen LogP contribution in [-0.4, -0.2) is 29.6 Å². The van der Waals surface area contributed by atoms with Gasteiger partial charge in [-0.2, -0.15) is 5.10 Å². The highest BCUT2D eigenvalue weighted by Crippen LogP contribution is 2.35. The Balaban J connectivity index is 2.28. The lowest BCUT2D eigenvalue weighted by atomic mass is 9.94. The van der Waals surface area contributed by atoms with Crippen molar-refractivity contribution < 1.29 is 9.47 Å². The van der Waals surface area contributed by atoms with E-state index in [0.717, 1.165) is 24.4 Å². The first-order valence-electron chi connectivity index (χ1n) is 6.38. The molecule has 1 aromatic rings. The van der Waals surface area contributed by atoms with E-state index in [4.69, 9.17) is 15.3 Å². The summed E-state index contributed by atoms with van der Waals surface area (Å²) >= 11 is 0. The van der Waals surface area contributed by atoms with Gasteiger partial charge in [0.15, 0.2) is 5.75 Å². The van der Waals surface area contributed by atoms with Crippen molar-refractivity contribution in [3.8, 4) is 5.75 Å². The molecule has 1 aromatic heterocycles. The van der Waals surface area contributed by atoms with E-state index in [1.165, 1.54) is 0 Å². The van der Waals surface area contributed by atoms with Crippen molar-refractivity contribution in [3.63, 3.8) is 0 Å². The first kappa shape index (κ1) is 13.3. The average Bonchev–Trinajstić information content (AvgIpc) is 2.97. The maximum absolute atomic E-state index is 5.73. The van der Waals surface area contributed by atoms with E-state index in [1.807, 2.05) is 4.68 Å². The van der Waals surface area contributed by atoms with Crippen LogP contribution >= 0.6 is 0 Å². The molecule has 6 heteroatoms. The molecule has 2 rings (SSSR count). The van der Waals surface area contributed by atoms with Crippen LogP contribution in [0.4, 0.5) is 0 Å². The van der Waals surface area contributed by atoms with Gasteiger partial charge >= 0.3 is 0 Å². The van der Waals surface area contributed by atoms with E-state index in [-0.39, 0.29) is 12.1 Å². The van der Waals surface area contributed by atoms with Gasteiger partial charge in [0.2, 0.25) is 0 Å². The van der Waals surface area contributed by atoms with Crippen molar-refractivity contribution in [2.45, 2.75) is 39.0 Å². The Kier molecular flexibility index (Phi) is 4.21. The number of ether oxygens (including phenoxy) is 2. The molecule has 3 atom stereocenters. The van der Waals surface area contributed by atoms with Crippen LogP contribution in [0.25, 0.3) is 0 Å². The number of hydrogen-bond acceptors (Lipinski definition) is 5. The molecule has 3 unspecified atom stereocenters. The van der Waals surface area contributed by atoms with Crippen LogP contribution in [-0.2, 0) is 11.3 Å². The highest BCUT2D eigenvalue weighted by molar-refractivity contribution is 5.29. The Hall–Kier alpha value is -1.11. The SMILES string of the molecule is CCn1ncc(OC)c1C(NN)C1COC(C)C1. The van der Waals surface area contributed by atoms with Gasteiger partial charge in [0, 0.05) is 12.5 Å². The fourth-order valence-corrected chi connectivity index (χ4v) is 2.62. The summed E-state index contributed by atoms with van der Waals surface area (Å²) in [4.78, 5) is 0. The highest BCUT2D eigenvalue weighted by atomic mass is 16.5. The van der Waals surface area contributed by atoms with Gasteiger partial charge in [-0.15, -0.1) is 0 Å². The third kappa shape index (κ3) is 2.36. The average molecular weight is 254 g/mol. The van der Waals surface area contributed by atoms with Crippen LogP contribution in [0.1, 0.15) is 32.0 Å². The number of hydrazine groups is 1. The molecule has 2 heterocycles. The smallest absolute Gasteiger partial charge is 0.161 e. The Bertz CT molecular complexity index is 372. The topological polar surface area (TPSA) is 74.3 Å². The molecular weight excluding hydrogens is 232 g/mol. The van der Waals surface area contributed by atoms with E-state index >= 15 is 0 Å². The molecule has 1 aliphatic heterocycles. The molecule has 0 bridgehead atoms. The van der Waals surface area contributed by atoms with Gasteiger partial charge in [-0.3, -0.25) is 16.0 Å². The van der Waals surface area contributed by atoms with Crippen LogP contribution in [0, 0.1) is 5.92 Å². The zero-order valence-corrected chi connectivity index (χ0v) is 11.2. The molecule has 18 heavy (non-hydrogen) atoms. The molecule has 0 spiro atoms. The summed E-state index contributed by atoms with van der Waals surface area (Å²) in [6.07, 6.45) is 3.02. The summed E-state index contributed by atoms with van der Waals surface area (Å²) < 4.78 is 12.9. The molecule has 0 aromatic carbocycles. The Morgan fingerprint density at radius 2 is 2.50 bits per heavy atom. The molecule has 3 N–H and O–H groups in total. The number of nitrogens with zero attached hydrogens (tertiary/aromatic N) is 2. The predicted molar refractivity (Wildman–Crippen MR) is 68.0 cm³/mol. The van der Waals surface area contributed by atoms with Crippen molar-refractivity contribution in [3.05, 3.63) is 11.9 Å². The molecule has 102 valence electrons. The minimum atomic E-state index is 0.00681. The molecule has 1 fully saturated rings. The number of rotatable bonds is 5. The van der Waals surface area contributed by atoms with E-state index in [9.17, 15) is 0 Å². The van der Waals surface area contributed by atoms with E-state index in [0.29, 0.717) is 12.5 Å². The van der Waals surface area contributed by atoms with E-state index in [1.54, 1.807) is 13.3 Å². The maximum Gasteiger partial charge on any atom is 0.161 e. The number of hydrogen-bond donors (Lipinski definition) is 2. The van der Waals surface area contributed by atoms with Crippen molar-refractivity contribution >= 4 is 0 Å². The Labute approximate surface area is 107 Å². The second-order valence-corrected chi connectivity index (χ2v) is 4.70. The fraction of sp³-hybridized carbons (Fsp3) is 0.750. The lowest BCUT2D eigenvalue weighted by Crippen LogP contribution is -2.35. The van der Waals surface area contributed by atoms with Crippen LogP contribution in [0.15, 0.2) is 6.20 Å². The van der Waals surface area contributed by atoms with E-state index < -0.39 is 0 Å². The largest absolute Gasteiger partial charge is 0.493 e. The lowest BCUT2D eigenvalue weighted by molar-refractivity contribution is 0.116. The third-order valence-corrected chi connectivity index (χ3v) is 3.54. The molecule has 0 aliphatic carbocycles. The summed E-state index contributed by atoms with van der Waals surface area (Å²) in [6.45, 7) is 5.65. The molecule has 6 nitrogen and oxygen atoms in total. The number of aromatic nitrogens is 2. The first-order valence-corrected chi connectivity index (χ1v) is 6.38. The minimum absolute atomic E-state index is 0.00681. The Morgan fingerprint density at radius 3 is 3.00 bits per heavy atom. The van der Waals surface area contributed by atoms with Crippen LogP contribution in [0.5, 0.6) is 5.75 Å². The predicted octanol–water partition coefficient (Wildman–Crippen LogP) is 0.841. The zero-order chi connectivity index (χ0) is 13.1. The van der Waals surface area contributed by atoms with Crippen LogP contribution < -0.4 is 16.0 Å². The van der Waals surface area contributed by atoms with Crippen LogP contribution in [0.3, 0.4) is 0 Å². The van der Waals surface area contributed by atoms with Crippen molar-refractivity contribution in [1.29, 1.82) is 0 Å². The molecule has 0 saturated carbocycles. The third-order valence-electron chi connectivity index (χ3n) is 3.54. The van der Waals surface area contributed by atoms with Gasteiger partial charge in [0.25, 0.3) is 0 Å². The number of nitrogens with one attached hydrogen (secondary N) is 1. The van der Waals surface area contributed by atoms with Crippen LogP contribution in [0.2, 0.25) is 0 Å². The number of aryl methyl sites for hydroxylation is 1. The van der Waals surface area contributed by atoms with Crippen molar-refractivity contribution in [2.24, 2.45) is 11.8 Å². The van der Waals surface area contributed by atoms with E-state index in [2.05, 4.69) is 24.4 Å². The number of nitrogens with two attached hydrogens (primary N) is 1. The van der Waals surface area contributed by atoms with Gasteiger partial charge in [0.05, 0.1) is 37.8 Å². The number of methoxy groups -OCH3 is 1. The molecule has 1 aliphatic rings. The summed E-state index contributed by atoms with van der Waals surface area (Å²) in [6, 6.07) is 0.00681. The Morgan fingerprint density at radius 1 is 1.72 bits per heavy atom. The van der Waals surface area contributed by atoms with Gasteiger partial charge in [0.1, 0.15) is 0 Å². The summed E-state index contributed by atoms with van der Waals surface area (Å²) in [5.74, 6) is 6.86. The lowest BCUT2D eigenvalue weighted by Gasteiger charge is -2.23. The fourth-order valence-electron chi connectivity index (χ4n) is 2.62. The maximum atomic E-state index is 5.73. The minimum Gasteiger partial charge on any atom is -0.493 e. The van der Waals surface area contributed by atoms with Crippen molar-refractivity contribution in [2.75, 3.05) is 13.7 Å².